The number of allylic oxidation sites excluding steroid dienone is 1. The molecule has 78 valence electrons. The van der Waals surface area contributed by atoms with E-state index in [4.69, 9.17) is 14.6 Å². The Hall–Kier alpha value is -0.380. The van der Waals surface area contributed by atoms with Crippen molar-refractivity contribution < 1.29 is 14.6 Å². The monoisotopic (exact) mass is 188 g/mol. The summed E-state index contributed by atoms with van der Waals surface area (Å²) in [5.41, 5.74) is 0. The third-order valence-electron chi connectivity index (χ3n) is 1.80. The predicted octanol–water partition coefficient (Wildman–Crippen LogP) is 1.71. The molecule has 0 saturated heterocycles. The average Bonchev–Trinajstić information content (AvgIpc) is 2.17. The topological polar surface area (TPSA) is 38.7 Å². The van der Waals surface area contributed by atoms with Gasteiger partial charge in [-0.1, -0.05) is 12.2 Å². The van der Waals surface area contributed by atoms with Crippen LogP contribution in [0.1, 0.15) is 25.7 Å². The summed E-state index contributed by atoms with van der Waals surface area (Å²) in [6.45, 7) is 0.231. The summed E-state index contributed by atoms with van der Waals surface area (Å²) < 4.78 is 10.1. The van der Waals surface area contributed by atoms with Gasteiger partial charge in [0.15, 0.2) is 6.29 Å². The zero-order valence-electron chi connectivity index (χ0n) is 8.53. The first-order valence-corrected chi connectivity index (χ1v) is 4.66. The largest absolute Gasteiger partial charge is 0.396 e. The van der Waals surface area contributed by atoms with Crippen molar-refractivity contribution in [3.05, 3.63) is 12.2 Å². The van der Waals surface area contributed by atoms with E-state index in [1.54, 1.807) is 14.2 Å². The zero-order chi connectivity index (χ0) is 9.94. The summed E-state index contributed by atoms with van der Waals surface area (Å²) in [6, 6.07) is 0. The highest BCUT2D eigenvalue weighted by Gasteiger charge is 2.02. The van der Waals surface area contributed by atoms with Crippen LogP contribution in [-0.2, 0) is 9.47 Å². The Morgan fingerprint density at radius 3 is 2.31 bits per heavy atom. The van der Waals surface area contributed by atoms with Gasteiger partial charge in [0.05, 0.1) is 0 Å². The maximum Gasteiger partial charge on any atom is 0.156 e. The Labute approximate surface area is 80.4 Å². The van der Waals surface area contributed by atoms with Gasteiger partial charge in [-0.2, -0.15) is 0 Å². The van der Waals surface area contributed by atoms with Crippen LogP contribution in [0.15, 0.2) is 12.2 Å². The molecular formula is C10H20O3. The summed E-state index contributed by atoms with van der Waals surface area (Å²) in [7, 11) is 3.30. The SMILES string of the molecule is COC(CCC/C=C\CCO)OC. The molecule has 0 bridgehead atoms. The van der Waals surface area contributed by atoms with E-state index in [1.807, 2.05) is 6.08 Å². The molecule has 0 heterocycles. The molecule has 0 atom stereocenters. The summed E-state index contributed by atoms with van der Waals surface area (Å²) in [5, 5.41) is 8.50. The molecule has 3 nitrogen and oxygen atoms in total. The van der Waals surface area contributed by atoms with Crippen LogP contribution in [0, 0.1) is 0 Å². The highest BCUT2D eigenvalue weighted by atomic mass is 16.7. The fraction of sp³-hybridized carbons (Fsp3) is 0.800. The van der Waals surface area contributed by atoms with Crippen LogP contribution in [0.5, 0.6) is 0 Å². The number of hydrogen-bond donors (Lipinski definition) is 1. The van der Waals surface area contributed by atoms with Gasteiger partial charge in [-0.25, -0.2) is 0 Å². The minimum absolute atomic E-state index is 0.0776. The van der Waals surface area contributed by atoms with E-state index in [2.05, 4.69) is 6.08 Å². The summed E-state index contributed by atoms with van der Waals surface area (Å²) in [6.07, 6.45) is 7.73. The zero-order valence-corrected chi connectivity index (χ0v) is 8.53. The second-order valence-corrected chi connectivity index (χ2v) is 2.82. The van der Waals surface area contributed by atoms with Crippen molar-refractivity contribution >= 4 is 0 Å². The van der Waals surface area contributed by atoms with Crippen molar-refractivity contribution in [2.75, 3.05) is 20.8 Å². The lowest BCUT2D eigenvalue weighted by molar-refractivity contribution is -0.106. The first-order valence-electron chi connectivity index (χ1n) is 4.66. The molecule has 0 aromatic carbocycles. The van der Waals surface area contributed by atoms with Gasteiger partial charge in [0.2, 0.25) is 0 Å². The van der Waals surface area contributed by atoms with E-state index in [1.165, 1.54) is 0 Å². The maximum absolute atomic E-state index is 8.50. The molecule has 0 fully saturated rings. The molecule has 0 rings (SSSR count). The van der Waals surface area contributed by atoms with Crippen LogP contribution in [0.2, 0.25) is 0 Å². The molecule has 0 spiro atoms. The number of methoxy groups -OCH3 is 2. The predicted molar refractivity (Wildman–Crippen MR) is 52.5 cm³/mol. The first-order chi connectivity index (χ1) is 6.35. The van der Waals surface area contributed by atoms with E-state index < -0.39 is 0 Å². The molecule has 0 aliphatic rings. The van der Waals surface area contributed by atoms with Gasteiger partial charge < -0.3 is 14.6 Å². The van der Waals surface area contributed by atoms with Gasteiger partial charge in [-0.15, -0.1) is 0 Å². The second-order valence-electron chi connectivity index (χ2n) is 2.82. The van der Waals surface area contributed by atoms with E-state index in [-0.39, 0.29) is 12.9 Å². The van der Waals surface area contributed by atoms with Crippen LogP contribution in [0.3, 0.4) is 0 Å². The highest BCUT2D eigenvalue weighted by molar-refractivity contribution is 4.80. The number of rotatable bonds is 8. The second kappa shape index (κ2) is 9.71. The third-order valence-corrected chi connectivity index (χ3v) is 1.80. The van der Waals surface area contributed by atoms with Crippen molar-refractivity contribution in [2.45, 2.75) is 32.0 Å². The Bertz CT molecular complexity index is 119. The molecule has 0 aliphatic carbocycles. The van der Waals surface area contributed by atoms with Crippen LogP contribution >= 0.6 is 0 Å². The van der Waals surface area contributed by atoms with E-state index in [0.717, 1.165) is 25.7 Å². The fourth-order valence-electron chi connectivity index (χ4n) is 1.04. The Morgan fingerprint density at radius 1 is 1.15 bits per heavy atom. The van der Waals surface area contributed by atoms with Gasteiger partial charge in [-0.3, -0.25) is 0 Å². The van der Waals surface area contributed by atoms with Crippen molar-refractivity contribution in [3.63, 3.8) is 0 Å². The molecule has 3 heteroatoms. The molecule has 13 heavy (non-hydrogen) atoms. The number of ether oxygens (including phenoxy) is 2. The van der Waals surface area contributed by atoms with Crippen molar-refractivity contribution in [2.24, 2.45) is 0 Å². The smallest absolute Gasteiger partial charge is 0.156 e. The Morgan fingerprint density at radius 2 is 1.77 bits per heavy atom. The number of hydrogen-bond acceptors (Lipinski definition) is 3. The van der Waals surface area contributed by atoms with Crippen LogP contribution in [0.25, 0.3) is 0 Å². The van der Waals surface area contributed by atoms with E-state index >= 15 is 0 Å². The van der Waals surface area contributed by atoms with Crippen molar-refractivity contribution in [1.29, 1.82) is 0 Å². The number of unbranched alkanes of at least 4 members (excludes halogenated alkanes) is 1. The van der Waals surface area contributed by atoms with Crippen molar-refractivity contribution in [3.8, 4) is 0 Å². The van der Waals surface area contributed by atoms with Gasteiger partial charge >= 0.3 is 0 Å². The lowest BCUT2D eigenvalue weighted by Gasteiger charge is -2.11. The summed E-state index contributed by atoms with van der Waals surface area (Å²) >= 11 is 0. The third kappa shape index (κ3) is 7.96. The van der Waals surface area contributed by atoms with Crippen molar-refractivity contribution in [1.82, 2.24) is 0 Å². The standard InChI is InChI=1S/C10H20O3/c1-12-10(13-2)8-6-4-3-5-7-9-11/h3,5,10-11H,4,6-9H2,1-2H3/b5-3-. The number of aliphatic hydroxyl groups excluding tert-OH is 1. The molecular weight excluding hydrogens is 168 g/mol. The molecule has 0 amide bonds. The number of aliphatic hydroxyl groups is 1. The average molecular weight is 188 g/mol. The minimum Gasteiger partial charge on any atom is -0.396 e. The quantitative estimate of drug-likeness (QED) is 0.358. The van der Waals surface area contributed by atoms with E-state index in [9.17, 15) is 0 Å². The summed E-state index contributed by atoms with van der Waals surface area (Å²) in [5.74, 6) is 0. The van der Waals surface area contributed by atoms with Gasteiger partial charge in [0.1, 0.15) is 0 Å². The Balaban J connectivity index is 3.23. The molecule has 0 unspecified atom stereocenters. The van der Waals surface area contributed by atoms with Crippen LogP contribution in [-0.4, -0.2) is 32.2 Å². The molecule has 0 aliphatic heterocycles. The minimum atomic E-state index is -0.0776. The summed E-state index contributed by atoms with van der Waals surface area (Å²) in [4.78, 5) is 0. The van der Waals surface area contributed by atoms with Gasteiger partial charge in [-0.05, 0) is 25.7 Å². The molecule has 0 aromatic heterocycles. The lowest BCUT2D eigenvalue weighted by Crippen LogP contribution is -2.12. The van der Waals surface area contributed by atoms with Gasteiger partial charge in [0.25, 0.3) is 0 Å². The van der Waals surface area contributed by atoms with Gasteiger partial charge in [0, 0.05) is 20.8 Å². The Kier molecular flexibility index (Phi) is 9.42. The molecule has 0 radical (unpaired) electrons. The van der Waals surface area contributed by atoms with E-state index in [0.29, 0.717) is 0 Å². The fourth-order valence-corrected chi connectivity index (χ4v) is 1.04. The van der Waals surface area contributed by atoms with Crippen LogP contribution in [0.4, 0.5) is 0 Å². The first kappa shape index (κ1) is 12.6. The molecule has 1 N–H and O–H groups in total. The molecule has 0 saturated carbocycles. The van der Waals surface area contributed by atoms with Crippen LogP contribution < -0.4 is 0 Å². The lowest BCUT2D eigenvalue weighted by atomic mass is 10.2. The highest BCUT2D eigenvalue weighted by Crippen LogP contribution is 2.05. The maximum atomic E-state index is 8.50. The normalized spacial score (nSPS) is 11.7. The molecule has 0 aromatic rings.